The number of benzene rings is 3. The lowest BCUT2D eigenvalue weighted by Crippen LogP contribution is -2.31. The molecule has 0 bridgehead atoms. The number of carbonyl (C=O) groups is 3. The molecule has 39 heavy (non-hydrogen) atoms. The first-order chi connectivity index (χ1) is 18.8. The van der Waals surface area contributed by atoms with E-state index < -0.39 is 17.8 Å². The van der Waals surface area contributed by atoms with Crippen LogP contribution in [-0.2, 0) is 19.2 Å². The van der Waals surface area contributed by atoms with Crippen molar-refractivity contribution in [3.63, 3.8) is 0 Å². The Labute approximate surface area is 226 Å². The van der Waals surface area contributed by atoms with Crippen molar-refractivity contribution < 1.29 is 28.7 Å². The summed E-state index contributed by atoms with van der Waals surface area (Å²) in [5.41, 5.74) is 4.19. The molecule has 1 saturated heterocycles. The smallest absolute Gasteiger partial charge is 0.333 e. The van der Waals surface area contributed by atoms with Crippen LogP contribution in [0.15, 0.2) is 60.7 Å². The van der Waals surface area contributed by atoms with E-state index in [2.05, 4.69) is 18.7 Å². The third kappa shape index (κ3) is 5.65. The summed E-state index contributed by atoms with van der Waals surface area (Å²) in [6.45, 7) is 4.47. The van der Waals surface area contributed by atoms with Crippen LogP contribution in [0.5, 0.6) is 17.2 Å². The van der Waals surface area contributed by atoms with Gasteiger partial charge in [0.05, 0.1) is 6.61 Å². The summed E-state index contributed by atoms with van der Waals surface area (Å²) in [7, 11) is 4.00. The molecule has 2 amide bonds. The van der Waals surface area contributed by atoms with Gasteiger partial charge in [-0.1, -0.05) is 30.8 Å². The fourth-order valence-electron chi connectivity index (χ4n) is 4.60. The number of hydrogen-bond donors (Lipinski definition) is 0. The average Bonchev–Trinajstić information content (AvgIpc) is 3.23. The van der Waals surface area contributed by atoms with Crippen LogP contribution in [-0.4, -0.2) is 43.5 Å². The lowest BCUT2D eigenvalue weighted by atomic mass is 9.92. The third-order valence-electron chi connectivity index (χ3n) is 6.67. The second-order valence-electron chi connectivity index (χ2n) is 9.76. The molecule has 0 radical (unpaired) electrons. The molecular formula is C31H30N2O6. The number of fused-ring (bicyclic) bond motifs is 2. The van der Waals surface area contributed by atoms with Crippen molar-refractivity contribution in [2.45, 2.75) is 32.1 Å². The monoisotopic (exact) mass is 526 g/mol. The highest BCUT2D eigenvalue weighted by Crippen LogP contribution is 2.38. The Bertz CT molecular complexity index is 1530. The summed E-state index contributed by atoms with van der Waals surface area (Å²) in [6.07, 6.45) is 1.40. The SMILES string of the molecule is C=c1ccc2c(c1)Oc1cc(N(C)C)ccc1C=2c1ccc(OCCCCC(=O)ON2C(=O)CCC2=O)cc1. The molecule has 0 N–H and O–H groups in total. The van der Waals surface area contributed by atoms with E-state index >= 15 is 0 Å². The fourth-order valence-corrected chi connectivity index (χ4v) is 4.60. The molecule has 2 heterocycles. The molecule has 8 nitrogen and oxygen atoms in total. The fraction of sp³-hybridized carbons (Fsp3) is 0.258. The molecule has 1 fully saturated rings. The number of anilines is 1. The van der Waals surface area contributed by atoms with Gasteiger partial charge in [-0.05, 0) is 54.0 Å². The number of ether oxygens (including phenoxy) is 2. The predicted octanol–water partition coefficient (Wildman–Crippen LogP) is 3.67. The topological polar surface area (TPSA) is 85.4 Å². The molecule has 2 aliphatic heterocycles. The summed E-state index contributed by atoms with van der Waals surface area (Å²) >= 11 is 0. The lowest BCUT2D eigenvalue weighted by Gasteiger charge is -2.23. The van der Waals surface area contributed by atoms with Gasteiger partial charge in [0.2, 0.25) is 0 Å². The van der Waals surface area contributed by atoms with Crippen LogP contribution in [0.25, 0.3) is 12.2 Å². The highest BCUT2D eigenvalue weighted by atomic mass is 16.7. The number of carbonyl (C=O) groups excluding carboxylic acids is 3. The number of amides is 2. The van der Waals surface area contributed by atoms with E-state index in [0.29, 0.717) is 24.5 Å². The summed E-state index contributed by atoms with van der Waals surface area (Å²) in [5, 5.41) is 2.47. The highest BCUT2D eigenvalue weighted by molar-refractivity contribution is 6.01. The minimum absolute atomic E-state index is 0.0827. The first-order valence-corrected chi connectivity index (χ1v) is 12.9. The molecule has 8 heteroatoms. The molecule has 3 aromatic carbocycles. The van der Waals surface area contributed by atoms with Gasteiger partial charge in [0.15, 0.2) is 0 Å². The second kappa shape index (κ2) is 11.0. The van der Waals surface area contributed by atoms with Gasteiger partial charge < -0.3 is 19.2 Å². The van der Waals surface area contributed by atoms with Crippen LogP contribution in [0.2, 0.25) is 0 Å². The van der Waals surface area contributed by atoms with Crippen LogP contribution in [0, 0.1) is 0 Å². The second-order valence-corrected chi connectivity index (χ2v) is 9.76. The van der Waals surface area contributed by atoms with E-state index in [4.69, 9.17) is 14.3 Å². The van der Waals surface area contributed by atoms with Crippen molar-refractivity contribution in [2.24, 2.45) is 0 Å². The van der Waals surface area contributed by atoms with Crippen molar-refractivity contribution in [3.8, 4) is 17.2 Å². The molecule has 0 unspecified atom stereocenters. The Morgan fingerprint density at radius 2 is 1.69 bits per heavy atom. The standard InChI is InChI=1S/C31H30N2O6/c1-20-7-13-24-26(18-20)38-27-19-22(32(2)3)10-14-25(27)31(24)21-8-11-23(12-9-21)37-17-5-4-6-30(36)39-33-28(34)15-16-29(33)35/h7-14,18-19H,1,4-6,15-17H2,2-3H3. The van der Waals surface area contributed by atoms with Crippen molar-refractivity contribution in [1.82, 2.24) is 5.06 Å². The molecule has 200 valence electrons. The zero-order valence-corrected chi connectivity index (χ0v) is 22.1. The first-order valence-electron chi connectivity index (χ1n) is 12.9. The summed E-state index contributed by atoms with van der Waals surface area (Å²) < 4.78 is 12.2. The molecule has 3 aromatic rings. The van der Waals surface area contributed by atoms with Gasteiger partial charge in [-0.2, -0.15) is 0 Å². The van der Waals surface area contributed by atoms with Crippen molar-refractivity contribution in [1.29, 1.82) is 0 Å². The summed E-state index contributed by atoms with van der Waals surface area (Å²) in [4.78, 5) is 42.0. The van der Waals surface area contributed by atoms with Gasteiger partial charge in [0, 0.05) is 61.5 Å². The summed E-state index contributed by atoms with van der Waals surface area (Å²) in [6, 6.07) is 20.1. The molecule has 0 saturated carbocycles. The first kappa shape index (κ1) is 26.0. The normalized spacial score (nSPS) is 14.0. The van der Waals surface area contributed by atoms with Gasteiger partial charge in [-0.25, -0.2) is 4.79 Å². The summed E-state index contributed by atoms with van der Waals surface area (Å²) in [5.74, 6) is 0.747. The minimum atomic E-state index is -0.597. The van der Waals surface area contributed by atoms with Gasteiger partial charge in [0.25, 0.3) is 11.8 Å². The maximum absolute atomic E-state index is 11.9. The molecule has 0 aliphatic carbocycles. The molecule has 0 atom stereocenters. The lowest BCUT2D eigenvalue weighted by molar-refractivity contribution is -0.197. The number of imide groups is 1. The van der Waals surface area contributed by atoms with E-state index in [1.165, 1.54) is 0 Å². The van der Waals surface area contributed by atoms with Gasteiger partial charge in [-0.15, -0.1) is 5.06 Å². The number of unbranched alkanes of at least 4 members (excludes halogenated alkanes) is 1. The van der Waals surface area contributed by atoms with Crippen LogP contribution >= 0.6 is 0 Å². The Kier molecular flexibility index (Phi) is 7.36. The molecular weight excluding hydrogens is 496 g/mol. The minimum Gasteiger partial charge on any atom is -0.494 e. The highest BCUT2D eigenvalue weighted by Gasteiger charge is 2.32. The van der Waals surface area contributed by atoms with Crippen molar-refractivity contribution in [2.75, 3.05) is 25.6 Å². The maximum Gasteiger partial charge on any atom is 0.333 e. The van der Waals surface area contributed by atoms with Gasteiger partial charge in [-0.3, -0.25) is 9.59 Å². The zero-order valence-electron chi connectivity index (χ0n) is 22.1. The van der Waals surface area contributed by atoms with Crippen LogP contribution in [0.1, 0.15) is 43.2 Å². The van der Waals surface area contributed by atoms with Crippen LogP contribution in [0.3, 0.4) is 0 Å². The average molecular weight is 527 g/mol. The van der Waals surface area contributed by atoms with Crippen molar-refractivity contribution >= 4 is 35.6 Å². The van der Waals surface area contributed by atoms with E-state index in [1.807, 2.05) is 67.5 Å². The van der Waals surface area contributed by atoms with Crippen molar-refractivity contribution in [3.05, 3.63) is 82.2 Å². The molecule has 0 aromatic heterocycles. The van der Waals surface area contributed by atoms with E-state index in [-0.39, 0.29) is 19.3 Å². The van der Waals surface area contributed by atoms with E-state index in [1.54, 1.807) is 0 Å². The predicted molar refractivity (Wildman–Crippen MR) is 147 cm³/mol. The van der Waals surface area contributed by atoms with Crippen LogP contribution in [0.4, 0.5) is 5.69 Å². The molecule has 2 aliphatic rings. The number of rotatable bonds is 9. The molecule has 0 spiro atoms. The maximum atomic E-state index is 11.9. The van der Waals surface area contributed by atoms with Crippen LogP contribution < -0.4 is 24.8 Å². The Morgan fingerprint density at radius 1 is 0.949 bits per heavy atom. The largest absolute Gasteiger partial charge is 0.494 e. The number of nitrogens with zero attached hydrogens (tertiary/aromatic N) is 2. The number of hydroxylamine groups is 2. The van der Waals surface area contributed by atoms with E-state index in [0.717, 1.165) is 50.1 Å². The zero-order chi connectivity index (χ0) is 27.5. The quantitative estimate of drug-likeness (QED) is 0.243. The van der Waals surface area contributed by atoms with Gasteiger partial charge in [0.1, 0.15) is 17.2 Å². The Balaban J connectivity index is 1.24. The van der Waals surface area contributed by atoms with Gasteiger partial charge >= 0.3 is 5.97 Å². The number of hydrogen-bond acceptors (Lipinski definition) is 7. The Hall–Kier alpha value is -4.59. The third-order valence-corrected chi connectivity index (χ3v) is 6.67. The molecule has 5 rings (SSSR count). The van der Waals surface area contributed by atoms with E-state index in [9.17, 15) is 14.4 Å². The Morgan fingerprint density at radius 3 is 2.41 bits per heavy atom.